The number of para-hydroxylation sites is 1. The Kier molecular flexibility index (Phi) is 5.60. The highest BCUT2D eigenvalue weighted by molar-refractivity contribution is 6.31. The minimum absolute atomic E-state index is 0.239. The number of ether oxygens (including phenoxy) is 2. The normalized spacial score (nSPS) is 10.0. The molecule has 0 aliphatic heterocycles. The smallest absolute Gasteiger partial charge is 0.262 e. The van der Waals surface area contributed by atoms with E-state index >= 15 is 0 Å². The van der Waals surface area contributed by atoms with Gasteiger partial charge in [0.1, 0.15) is 0 Å². The lowest BCUT2D eigenvalue weighted by molar-refractivity contribution is -0.118. The van der Waals surface area contributed by atoms with Crippen molar-refractivity contribution >= 4 is 29.5 Å². The third-order valence-electron chi connectivity index (χ3n) is 3.25. The second-order valence-corrected chi connectivity index (χ2v) is 5.15. The van der Waals surface area contributed by atoms with Gasteiger partial charge in [-0.2, -0.15) is 0 Å². The molecule has 0 atom stereocenters. The van der Waals surface area contributed by atoms with Gasteiger partial charge in [-0.1, -0.05) is 23.7 Å². The molecule has 0 unspecified atom stereocenters. The molecule has 0 spiro atoms. The van der Waals surface area contributed by atoms with Crippen LogP contribution in [0.3, 0.4) is 0 Å². The number of aldehydes is 1. The van der Waals surface area contributed by atoms with E-state index in [9.17, 15) is 9.59 Å². The van der Waals surface area contributed by atoms with Gasteiger partial charge in [0.05, 0.1) is 12.7 Å². The number of carbonyl (C=O) groups is 2. The summed E-state index contributed by atoms with van der Waals surface area (Å²) in [6.07, 6.45) is 0.650. The summed E-state index contributed by atoms with van der Waals surface area (Å²) in [5.41, 5.74) is 1.70. The Morgan fingerprint density at radius 1 is 1.26 bits per heavy atom. The maximum Gasteiger partial charge on any atom is 0.262 e. The van der Waals surface area contributed by atoms with E-state index in [4.69, 9.17) is 21.1 Å². The number of nitrogens with one attached hydrogen (secondary N) is 1. The van der Waals surface area contributed by atoms with E-state index in [0.29, 0.717) is 28.3 Å². The van der Waals surface area contributed by atoms with Gasteiger partial charge in [-0.3, -0.25) is 9.59 Å². The molecule has 23 heavy (non-hydrogen) atoms. The number of benzene rings is 2. The molecule has 5 nitrogen and oxygen atoms in total. The largest absolute Gasteiger partial charge is 0.493 e. The number of methoxy groups -OCH3 is 1. The van der Waals surface area contributed by atoms with Crippen molar-refractivity contribution in [1.82, 2.24) is 0 Å². The fourth-order valence-corrected chi connectivity index (χ4v) is 2.18. The van der Waals surface area contributed by atoms with Gasteiger partial charge >= 0.3 is 0 Å². The van der Waals surface area contributed by atoms with E-state index in [0.717, 1.165) is 5.56 Å². The number of rotatable bonds is 6. The lowest BCUT2D eigenvalue weighted by Crippen LogP contribution is -2.21. The zero-order valence-corrected chi connectivity index (χ0v) is 13.5. The van der Waals surface area contributed by atoms with Crippen molar-refractivity contribution in [1.29, 1.82) is 0 Å². The number of hydrogen-bond donors (Lipinski definition) is 1. The highest BCUT2D eigenvalue weighted by Gasteiger charge is 2.13. The van der Waals surface area contributed by atoms with Gasteiger partial charge in [0.25, 0.3) is 5.91 Å². The molecule has 0 aliphatic carbocycles. The molecular weight excluding hydrogens is 318 g/mol. The van der Waals surface area contributed by atoms with Crippen LogP contribution in [0.2, 0.25) is 5.02 Å². The first-order valence-electron chi connectivity index (χ1n) is 6.86. The lowest BCUT2D eigenvalue weighted by Gasteiger charge is -2.13. The second kappa shape index (κ2) is 7.65. The van der Waals surface area contributed by atoms with Crippen molar-refractivity contribution in [3.8, 4) is 11.5 Å². The van der Waals surface area contributed by atoms with Gasteiger partial charge in [0.15, 0.2) is 24.4 Å². The maximum atomic E-state index is 12.0. The molecule has 1 amide bonds. The van der Waals surface area contributed by atoms with E-state index in [-0.39, 0.29) is 18.3 Å². The first-order chi connectivity index (χ1) is 11.1. The van der Waals surface area contributed by atoms with E-state index in [2.05, 4.69) is 5.32 Å². The molecule has 0 saturated heterocycles. The fraction of sp³-hybridized carbons (Fsp3) is 0.176. The van der Waals surface area contributed by atoms with Gasteiger partial charge in [0.2, 0.25) is 0 Å². The molecule has 0 aliphatic rings. The van der Waals surface area contributed by atoms with E-state index < -0.39 is 0 Å². The number of halogens is 1. The summed E-state index contributed by atoms with van der Waals surface area (Å²) in [5.74, 6) is 0.266. The SMILES string of the molecule is COc1cccc(C=O)c1OCC(=O)Nc1cccc(Cl)c1C. The first kappa shape index (κ1) is 16.8. The topological polar surface area (TPSA) is 64.6 Å². The molecule has 120 valence electrons. The van der Waals surface area contributed by atoms with Crippen LogP contribution in [0.4, 0.5) is 5.69 Å². The highest BCUT2D eigenvalue weighted by atomic mass is 35.5. The maximum absolute atomic E-state index is 12.0. The Bertz CT molecular complexity index is 731. The molecule has 0 heterocycles. The van der Waals surface area contributed by atoms with E-state index in [1.54, 1.807) is 36.4 Å². The molecule has 2 rings (SSSR count). The van der Waals surface area contributed by atoms with Crippen LogP contribution in [-0.2, 0) is 4.79 Å². The van der Waals surface area contributed by atoms with Gasteiger partial charge in [0, 0.05) is 10.7 Å². The summed E-state index contributed by atoms with van der Waals surface area (Å²) in [5, 5.41) is 3.29. The summed E-state index contributed by atoms with van der Waals surface area (Å²) < 4.78 is 10.6. The lowest BCUT2D eigenvalue weighted by atomic mass is 10.2. The number of carbonyl (C=O) groups excluding carboxylic acids is 2. The monoisotopic (exact) mass is 333 g/mol. The molecule has 0 fully saturated rings. The van der Waals surface area contributed by atoms with Crippen LogP contribution in [-0.4, -0.2) is 25.9 Å². The number of hydrogen-bond acceptors (Lipinski definition) is 4. The van der Waals surface area contributed by atoms with E-state index in [1.165, 1.54) is 7.11 Å². The zero-order chi connectivity index (χ0) is 16.8. The summed E-state index contributed by atoms with van der Waals surface area (Å²) in [4.78, 5) is 23.1. The third kappa shape index (κ3) is 4.02. The standard InChI is InChI=1S/C17H16ClNO4/c1-11-13(18)6-4-7-14(11)19-16(21)10-23-17-12(9-20)5-3-8-15(17)22-2/h3-9H,10H2,1-2H3,(H,19,21). The molecule has 2 aromatic rings. The van der Waals surface area contributed by atoms with Crippen molar-refractivity contribution in [3.63, 3.8) is 0 Å². The molecule has 0 aromatic heterocycles. The second-order valence-electron chi connectivity index (χ2n) is 4.75. The van der Waals surface area contributed by atoms with Gasteiger partial charge in [-0.05, 0) is 36.8 Å². The van der Waals surface area contributed by atoms with Gasteiger partial charge in [-0.25, -0.2) is 0 Å². The summed E-state index contributed by atoms with van der Waals surface area (Å²) in [7, 11) is 1.46. The van der Waals surface area contributed by atoms with Crippen molar-refractivity contribution in [3.05, 3.63) is 52.5 Å². The minimum Gasteiger partial charge on any atom is -0.493 e. The average molecular weight is 334 g/mol. The molecule has 0 saturated carbocycles. The third-order valence-corrected chi connectivity index (χ3v) is 3.66. The van der Waals surface area contributed by atoms with Crippen molar-refractivity contribution in [2.45, 2.75) is 6.92 Å². The Morgan fingerprint density at radius 3 is 2.70 bits per heavy atom. The van der Waals surface area contributed by atoms with Crippen molar-refractivity contribution in [2.75, 3.05) is 19.0 Å². The Labute approximate surface area is 139 Å². The Balaban J connectivity index is 2.08. The number of amides is 1. The molecule has 0 bridgehead atoms. The van der Waals surface area contributed by atoms with E-state index in [1.807, 2.05) is 6.92 Å². The molecule has 2 aromatic carbocycles. The predicted molar refractivity (Wildman–Crippen MR) is 88.7 cm³/mol. The predicted octanol–water partition coefficient (Wildman–Crippen LogP) is 3.49. The molecule has 1 N–H and O–H groups in total. The first-order valence-corrected chi connectivity index (χ1v) is 7.24. The van der Waals surface area contributed by atoms with Crippen LogP contribution in [0.1, 0.15) is 15.9 Å². The Hall–Kier alpha value is -2.53. The van der Waals surface area contributed by atoms with Crippen LogP contribution >= 0.6 is 11.6 Å². The summed E-state index contributed by atoms with van der Waals surface area (Å²) in [6, 6.07) is 10.2. The Morgan fingerprint density at radius 2 is 2.00 bits per heavy atom. The van der Waals surface area contributed by atoms with Crippen molar-refractivity contribution < 1.29 is 19.1 Å². The van der Waals surface area contributed by atoms with Crippen molar-refractivity contribution in [2.24, 2.45) is 0 Å². The van der Waals surface area contributed by atoms with Crippen LogP contribution in [0, 0.1) is 6.92 Å². The van der Waals surface area contributed by atoms with Crippen LogP contribution in [0.5, 0.6) is 11.5 Å². The highest BCUT2D eigenvalue weighted by Crippen LogP contribution is 2.30. The minimum atomic E-state index is -0.363. The summed E-state index contributed by atoms with van der Waals surface area (Å²) in [6.45, 7) is 1.55. The molecule has 6 heteroatoms. The number of anilines is 1. The summed E-state index contributed by atoms with van der Waals surface area (Å²) >= 11 is 6.01. The average Bonchev–Trinajstić information content (AvgIpc) is 2.56. The van der Waals surface area contributed by atoms with Gasteiger partial charge < -0.3 is 14.8 Å². The van der Waals surface area contributed by atoms with Crippen LogP contribution in [0.25, 0.3) is 0 Å². The van der Waals surface area contributed by atoms with Gasteiger partial charge in [-0.15, -0.1) is 0 Å². The zero-order valence-electron chi connectivity index (χ0n) is 12.8. The van der Waals surface area contributed by atoms with Crippen LogP contribution in [0.15, 0.2) is 36.4 Å². The fourth-order valence-electron chi connectivity index (χ4n) is 2.01. The molecular formula is C17H16ClNO4. The molecule has 0 radical (unpaired) electrons. The quantitative estimate of drug-likeness (QED) is 0.822. The van der Waals surface area contributed by atoms with Crippen LogP contribution < -0.4 is 14.8 Å².